The lowest BCUT2D eigenvalue weighted by atomic mass is 10.1. The molecule has 0 aliphatic carbocycles. The van der Waals surface area contributed by atoms with Gasteiger partial charge < -0.3 is 20.2 Å². The Morgan fingerprint density at radius 3 is 1.95 bits per heavy atom. The van der Waals surface area contributed by atoms with Crippen LogP contribution in [0.3, 0.4) is 0 Å². The van der Waals surface area contributed by atoms with E-state index in [1.165, 1.54) is 22.0 Å². The van der Waals surface area contributed by atoms with E-state index in [1.807, 2.05) is 12.1 Å². The molecule has 0 aliphatic heterocycles. The highest BCUT2D eigenvalue weighted by atomic mass is 31.2. The highest BCUT2D eigenvalue weighted by molar-refractivity contribution is 7.95. The molecule has 1 amide bonds. The van der Waals surface area contributed by atoms with Gasteiger partial charge in [-0.25, -0.2) is 4.79 Å². The second-order valence-electron chi connectivity index (χ2n) is 10.2. The number of carbonyl (C=O) groups excluding carboxylic acids is 1. The van der Waals surface area contributed by atoms with Crippen molar-refractivity contribution in [2.24, 2.45) is 0 Å². The SMILES string of the molecule is [NH3+]CCCNC(=O)Cc1cc(=O)oc2cc(OCCC[P+](c3ccccc3)(c3ccccc3)c3ccccc3)ccc12. The Bertz CT molecular complexity index is 1560. The molecule has 0 radical (unpaired) electrons. The molecule has 5 aromatic rings. The number of hydrogen-bond acceptors (Lipinski definition) is 4. The van der Waals surface area contributed by atoms with Crippen molar-refractivity contribution in [3.05, 3.63) is 131 Å². The molecule has 0 atom stereocenters. The van der Waals surface area contributed by atoms with Crippen molar-refractivity contribution in [3.8, 4) is 5.75 Å². The van der Waals surface area contributed by atoms with E-state index in [4.69, 9.17) is 9.15 Å². The molecular weight excluding hydrogens is 543 g/mol. The van der Waals surface area contributed by atoms with Crippen molar-refractivity contribution < 1.29 is 19.7 Å². The third kappa shape index (κ3) is 6.79. The molecule has 5 rings (SSSR count). The molecule has 4 N–H and O–H groups in total. The number of rotatable bonds is 13. The summed E-state index contributed by atoms with van der Waals surface area (Å²) >= 11 is 0. The van der Waals surface area contributed by atoms with Crippen LogP contribution in [0.25, 0.3) is 11.0 Å². The topological polar surface area (TPSA) is 96.2 Å². The molecule has 0 fully saturated rings. The van der Waals surface area contributed by atoms with Crippen molar-refractivity contribution in [1.29, 1.82) is 0 Å². The number of amides is 1. The summed E-state index contributed by atoms with van der Waals surface area (Å²) in [6, 6.07) is 39.3. The van der Waals surface area contributed by atoms with E-state index in [9.17, 15) is 9.59 Å². The molecule has 42 heavy (non-hydrogen) atoms. The summed E-state index contributed by atoms with van der Waals surface area (Å²) in [5.74, 6) is 0.503. The predicted molar refractivity (Wildman–Crippen MR) is 172 cm³/mol. The van der Waals surface area contributed by atoms with Gasteiger partial charge >= 0.3 is 5.63 Å². The van der Waals surface area contributed by atoms with E-state index in [1.54, 1.807) is 6.07 Å². The molecule has 0 spiro atoms. The summed E-state index contributed by atoms with van der Waals surface area (Å²) in [6.45, 7) is 1.84. The monoisotopic (exact) mass is 580 g/mol. The van der Waals surface area contributed by atoms with Crippen LogP contribution in [0.4, 0.5) is 0 Å². The highest BCUT2D eigenvalue weighted by Gasteiger charge is 2.44. The average molecular weight is 581 g/mol. The summed E-state index contributed by atoms with van der Waals surface area (Å²) < 4.78 is 11.7. The van der Waals surface area contributed by atoms with Gasteiger partial charge in [0.15, 0.2) is 0 Å². The molecule has 0 saturated heterocycles. The minimum Gasteiger partial charge on any atom is -0.493 e. The molecule has 1 aromatic heterocycles. The minimum atomic E-state index is -1.93. The number of quaternary nitrogens is 1. The molecule has 0 aliphatic rings. The third-order valence-electron chi connectivity index (χ3n) is 7.40. The summed E-state index contributed by atoms with van der Waals surface area (Å²) in [5.41, 5.74) is 4.37. The summed E-state index contributed by atoms with van der Waals surface area (Å²) in [6.07, 6.45) is 2.71. The zero-order chi connectivity index (χ0) is 29.2. The number of nitrogens with one attached hydrogen (secondary N) is 1. The number of benzene rings is 4. The van der Waals surface area contributed by atoms with Crippen LogP contribution >= 0.6 is 7.26 Å². The lowest BCUT2D eigenvalue weighted by Crippen LogP contribution is -2.51. The van der Waals surface area contributed by atoms with Gasteiger partial charge in [-0.1, -0.05) is 54.6 Å². The quantitative estimate of drug-likeness (QED) is 0.126. The van der Waals surface area contributed by atoms with E-state index in [2.05, 4.69) is 102 Å². The van der Waals surface area contributed by atoms with Gasteiger partial charge in [0.2, 0.25) is 5.91 Å². The van der Waals surface area contributed by atoms with Gasteiger partial charge in [-0.15, -0.1) is 0 Å². The zero-order valence-electron chi connectivity index (χ0n) is 23.7. The van der Waals surface area contributed by atoms with Gasteiger partial charge in [0, 0.05) is 36.9 Å². The maximum Gasteiger partial charge on any atom is 0.336 e. The molecule has 4 aromatic carbocycles. The first kappa shape index (κ1) is 29.2. The van der Waals surface area contributed by atoms with E-state index < -0.39 is 12.9 Å². The Hall–Kier alpha value is -4.25. The van der Waals surface area contributed by atoms with Crippen LogP contribution < -0.4 is 37.3 Å². The predicted octanol–water partition coefficient (Wildman–Crippen LogP) is 3.85. The first-order valence-electron chi connectivity index (χ1n) is 14.4. The molecule has 0 bridgehead atoms. The van der Waals surface area contributed by atoms with Gasteiger partial charge in [-0.05, 0) is 54.1 Å². The molecule has 0 unspecified atom stereocenters. The molecule has 6 nitrogen and oxygen atoms in total. The second-order valence-corrected chi connectivity index (χ2v) is 13.8. The molecular formula is C35H37N2O4P+2. The van der Waals surface area contributed by atoms with E-state index in [-0.39, 0.29) is 12.3 Å². The zero-order valence-corrected chi connectivity index (χ0v) is 24.6. The van der Waals surface area contributed by atoms with Crippen LogP contribution in [-0.4, -0.2) is 31.8 Å². The summed E-state index contributed by atoms with van der Waals surface area (Å²) in [5, 5.41) is 7.64. The van der Waals surface area contributed by atoms with Crippen molar-refractivity contribution >= 4 is 40.1 Å². The molecule has 1 heterocycles. The van der Waals surface area contributed by atoms with Crippen molar-refractivity contribution in [3.63, 3.8) is 0 Å². The normalized spacial score (nSPS) is 11.4. The lowest BCUT2D eigenvalue weighted by Gasteiger charge is -2.27. The summed E-state index contributed by atoms with van der Waals surface area (Å²) in [7, 11) is -1.93. The molecule has 0 saturated carbocycles. The maximum atomic E-state index is 12.4. The Morgan fingerprint density at radius 2 is 1.38 bits per heavy atom. The molecule has 214 valence electrons. The fourth-order valence-electron chi connectivity index (χ4n) is 5.41. The van der Waals surface area contributed by atoms with Gasteiger partial charge in [-0.3, -0.25) is 4.79 Å². The smallest absolute Gasteiger partial charge is 0.336 e. The summed E-state index contributed by atoms with van der Waals surface area (Å²) in [4.78, 5) is 24.7. The number of carbonyl (C=O) groups is 1. The molecule has 7 heteroatoms. The van der Waals surface area contributed by atoms with Crippen LogP contribution in [0.1, 0.15) is 18.4 Å². The van der Waals surface area contributed by atoms with Crippen LogP contribution in [-0.2, 0) is 11.2 Å². The van der Waals surface area contributed by atoms with Crippen LogP contribution in [0, 0.1) is 0 Å². The van der Waals surface area contributed by atoms with Gasteiger partial charge in [0.1, 0.15) is 34.5 Å². The highest BCUT2D eigenvalue weighted by Crippen LogP contribution is 2.55. The van der Waals surface area contributed by atoms with Crippen LogP contribution in [0.2, 0.25) is 0 Å². The van der Waals surface area contributed by atoms with Crippen LogP contribution in [0.15, 0.2) is 124 Å². The van der Waals surface area contributed by atoms with Gasteiger partial charge in [0.05, 0.1) is 25.7 Å². The lowest BCUT2D eigenvalue weighted by molar-refractivity contribution is -0.367. The number of fused-ring (bicyclic) bond motifs is 1. The Morgan fingerprint density at radius 1 is 0.786 bits per heavy atom. The fourth-order valence-corrected chi connectivity index (χ4v) is 9.72. The fraction of sp³-hybridized carbons (Fsp3) is 0.200. The Labute approximate surface area is 246 Å². The van der Waals surface area contributed by atoms with E-state index >= 15 is 0 Å². The van der Waals surface area contributed by atoms with E-state index in [0.29, 0.717) is 30.0 Å². The number of ether oxygens (including phenoxy) is 1. The maximum absolute atomic E-state index is 12.4. The first-order valence-corrected chi connectivity index (χ1v) is 16.4. The van der Waals surface area contributed by atoms with Crippen LogP contribution in [0.5, 0.6) is 5.75 Å². The Balaban J connectivity index is 1.35. The van der Waals surface area contributed by atoms with Crippen molar-refractivity contribution in [1.82, 2.24) is 5.32 Å². The standard InChI is InChI=1S/C35H35N2O4P/c36-20-10-21-37-34(38)24-27-25-35(39)41-33-26-28(18-19-32(27)33)40-22-11-23-42(29-12-4-1-5-13-29,30-14-6-2-7-15-30)31-16-8-3-9-17-31/h1-9,12-19,25-26H,10-11,20-24,36H2/p+2. The largest absolute Gasteiger partial charge is 0.493 e. The van der Waals surface area contributed by atoms with Gasteiger partial charge in [0.25, 0.3) is 0 Å². The van der Waals surface area contributed by atoms with E-state index in [0.717, 1.165) is 30.9 Å². The Kier molecular flexibility index (Phi) is 9.81. The first-order chi connectivity index (χ1) is 20.6. The van der Waals surface area contributed by atoms with Gasteiger partial charge in [-0.2, -0.15) is 0 Å². The van der Waals surface area contributed by atoms with Crippen molar-refractivity contribution in [2.75, 3.05) is 25.9 Å². The average Bonchev–Trinajstić information content (AvgIpc) is 3.02. The minimum absolute atomic E-state index is 0.115. The second kappa shape index (κ2) is 14.1. The number of hydrogen-bond donors (Lipinski definition) is 2. The van der Waals surface area contributed by atoms with Crippen molar-refractivity contribution in [2.45, 2.75) is 19.3 Å². The third-order valence-corrected chi connectivity index (χ3v) is 11.9.